The van der Waals surface area contributed by atoms with Crippen molar-refractivity contribution in [1.82, 2.24) is 20.2 Å². The van der Waals surface area contributed by atoms with Crippen LogP contribution in [-0.4, -0.2) is 33.8 Å². The number of nitrogens with zero attached hydrogens (tertiary/aromatic N) is 5. The molecule has 1 N–H and O–H groups in total. The predicted octanol–water partition coefficient (Wildman–Crippen LogP) is 3.00. The monoisotopic (exact) mass is 332 g/mol. The molecule has 3 aromatic heterocycles. The van der Waals surface area contributed by atoms with Crippen molar-refractivity contribution in [3.8, 4) is 17.5 Å². The Labute approximate surface area is 134 Å². The first-order chi connectivity index (χ1) is 11.4. The van der Waals surface area contributed by atoms with E-state index in [0.29, 0.717) is 11.0 Å². The lowest BCUT2D eigenvalue weighted by atomic mass is 10.1. The summed E-state index contributed by atoms with van der Waals surface area (Å²) in [6.07, 6.45) is -3.07. The number of aromatic amines is 1. The van der Waals surface area contributed by atoms with Gasteiger partial charge in [0.15, 0.2) is 5.65 Å². The summed E-state index contributed by atoms with van der Waals surface area (Å²) in [5.74, 6) is 0.256. The number of hydrogen-bond donors (Lipinski definition) is 1. The van der Waals surface area contributed by atoms with E-state index in [1.54, 1.807) is 19.2 Å². The second kappa shape index (κ2) is 5.81. The first-order valence-corrected chi connectivity index (χ1v) is 6.87. The number of pyridine rings is 2. The molecule has 0 spiro atoms. The number of anilines is 1. The van der Waals surface area contributed by atoms with Gasteiger partial charge in [-0.1, -0.05) is 0 Å². The molecule has 0 radical (unpaired) electrons. The van der Waals surface area contributed by atoms with Crippen LogP contribution in [0.15, 0.2) is 30.5 Å². The van der Waals surface area contributed by atoms with E-state index < -0.39 is 11.7 Å². The maximum absolute atomic E-state index is 13.4. The number of hydrogen-bond acceptors (Lipinski definition) is 5. The second-order valence-electron chi connectivity index (χ2n) is 5.05. The minimum atomic E-state index is -4.58. The summed E-state index contributed by atoms with van der Waals surface area (Å²) in [4.78, 5) is 9.57. The van der Waals surface area contributed by atoms with Crippen LogP contribution in [0.25, 0.3) is 22.4 Å². The van der Waals surface area contributed by atoms with Crippen molar-refractivity contribution >= 4 is 16.9 Å². The van der Waals surface area contributed by atoms with E-state index in [1.165, 1.54) is 17.2 Å². The van der Waals surface area contributed by atoms with Gasteiger partial charge in [0.2, 0.25) is 0 Å². The Hall–Kier alpha value is -3.15. The summed E-state index contributed by atoms with van der Waals surface area (Å²) in [5.41, 5.74) is -0.720. The lowest BCUT2D eigenvalue weighted by Crippen LogP contribution is -2.19. The van der Waals surface area contributed by atoms with E-state index >= 15 is 0 Å². The molecule has 122 valence electrons. The Balaban J connectivity index is 2.23. The standard InChI is InChI=1S/C15H11F3N6/c1-24(8-6-19)11-5-4-10(15(16,17)18)13(21-11)12-9-3-2-7-20-14(9)23-22-12/h2-5,7H,8H2,1H3,(H,20,22,23). The van der Waals surface area contributed by atoms with Gasteiger partial charge in [-0.3, -0.25) is 5.10 Å². The molecule has 0 amide bonds. The van der Waals surface area contributed by atoms with Crippen molar-refractivity contribution in [1.29, 1.82) is 5.26 Å². The Bertz CT molecular complexity index is 925. The molecular weight excluding hydrogens is 321 g/mol. The fraction of sp³-hybridized carbons (Fsp3) is 0.200. The number of alkyl halides is 3. The lowest BCUT2D eigenvalue weighted by Gasteiger charge is -2.18. The fourth-order valence-corrected chi connectivity index (χ4v) is 2.30. The van der Waals surface area contributed by atoms with Gasteiger partial charge < -0.3 is 4.90 Å². The third-order valence-electron chi connectivity index (χ3n) is 3.45. The SMILES string of the molecule is CN(CC#N)c1ccc(C(F)(F)F)c(-c2[nH]nc3ncccc23)n1. The number of fused-ring (bicyclic) bond motifs is 1. The smallest absolute Gasteiger partial charge is 0.346 e. The maximum atomic E-state index is 13.4. The van der Waals surface area contributed by atoms with E-state index in [-0.39, 0.29) is 23.8 Å². The highest BCUT2D eigenvalue weighted by atomic mass is 19.4. The molecule has 24 heavy (non-hydrogen) atoms. The average molecular weight is 332 g/mol. The molecule has 3 heterocycles. The zero-order valence-corrected chi connectivity index (χ0v) is 12.5. The third-order valence-corrected chi connectivity index (χ3v) is 3.45. The lowest BCUT2D eigenvalue weighted by molar-refractivity contribution is -0.137. The van der Waals surface area contributed by atoms with Gasteiger partial charge in [0.05, 0.1) is 17.3 Å². The van der Waals surface area contributed by atoms with E-state index in [4.69, 9.17) is 5.26 Å². The van der Waals surface area contributed by atoms with Gasteiger partial charge in [0, 0.05) is 18.6 Å². The molecule has 9 heteroatoms. The molecule has 0 fully saturated rings. The molecule has 0 aliphatic carbocycles. The summed E-state index contributed by atoms with van der Waals surface area (Å²) >= 11 is 0. The Morgan fingerprint density at radius 1 is 1.29 bits per heavy atom. The molecule has 0 atom stereocenters. The topological polar surface area (TPSA) is 81.5 Å². The molecule has 0 unspecified atom stereocenters. The zero-order chi connectivity index (χ0) is 17.3. The van der Waals surface area contributed by atoms with Crippen molar-refractivity contribution < 1.29 is 13.2 Å². The molecule has 0 bridgehead atoms. The van der Waals surface area contributed by atoms with Crippen molar-refractivity contribution in [3.63, 3.8) is 0 Å². The summed E-state index contributed by atoms with van der Waals surface area (Å²) in [7, 11) is 1.58. The van der Waals surface area contributed by atoms with Crippen LogP contribution in [0.3, 0.4) is 0 Å². The van der Waals surface area contributed by atoms with Gasteiger partial charge in [0.25, 0.3) is 0 Å². The number of halogens is 3. The highest BCUT2D eigenvalue weighted by Gasteiger charge is 2.35. The highest BCUT2D eigenvalue weighted by Crippen LogP contribution is 2.38. The number of H-pyrrole nitrogens is 1. The van der Waals surface area contributed by atoms with Gasteiger partial charge in [-0.05, 0) is 24.3 Å². The Kier molecular flexibility index (Phi) is 3.81. The van der Waals surface area contributed by atoms with Crippen LogP contribution >= 0.6 is 0 Å². The van der Waals surface area contributed by atoms with Crippen molar-refractivity contribution in [2.24, 2.45) is 0 Å². The molecule has 0 saturated heterocycles. The third kappa shape index (κ3) is 2.74. The van der Waals surface area contributed by atoms with Crippen molar-refractivity contribution in [3.05, 3.63) is 36.0 Å². The molecule has 0 saturated carbocycles. The number of nitrogens with one attached hydrogen (secondary N) is 1. The van der Waals surface area contributed by atoms with Gasteiger partial charge in [-0.2, -0.15) is 23.5 Å². The van der Waals surface area contributed by atoms with Crippen LogP contribution in [-0.2, 0) is 6.18 Å². The van der Waals surface area contributed by atoms with E-state index in [0.717, 1.165) is 6.07 Å². The number of nitriles is 1. The highest BCUT2D eigenvalue weighted by molar-refractivity contribution is 5.90. The Morgan fingerprint density at radius 2 is 2.08 bits per heavy atom. The molecule has 0 aromatic carbocycles. The summed E-state index contributed by atoms with van der Waals surface area (Å²) in [6.45, 7) is 0.00306. The molecule has 0 aliphatic rings. The largest absolute Gasteiger partial charge is 0.418 e. The van der Waals surface area contributed by atoms with Crippen LogP contribution in [0.1, 0.15) is 5.56 Å². The number of rotatable bonds is 3. The molecule has 0 aliphatic heterocycles. The van der Waals surface area contributed by atoms with Crippen LogP contribution in [0, 0.1) is 11.3 Å². The van der Waals surface area contributed by atoms with Crippen LogP contribution in [0.4, 0.5) is 19.0 Å². The Morgan fingerprint density at radius 3 is 2.79 bits per heavy atom. The van der Waals surface area contributed by atoms with Crippen LogP contribution in [0.2, 0.25) is 0 Å². The summed E-state index contributed by atoms with van der Waals surface area (Å²) in [5, 5.41) is 15.7. The first kappa shape index (κ1) is 15.7. The molecule has 3 rings (SSSR count). The quantitative estimate of drug-likeness (QED) is 0.746. The normalized spacial score (nSPS) is 11.5. The number of aromatic nitrogens is 4. The molecule has 3 aromatic rings. The minimum absolute atomic E-state index is 0.00306. The minimum Gasteiger partial charge on any atom is -0.346 e. The molecular formula is C15H11F3N6. The molecule has 6 nitrogen and oxygen atoms in total. The summed E-state index contributed by atoms with van der Waals surface area (Å²) in [6, 6.07) is 7.35. The summed E-state index contributed by atoms with van der Waals surface area (Å²) < 4.78 is 40.1. The van der Waals surface area contributed by atoms with E-state index in [2.05, 4.69) is 20.2 Å². The first-order valence-electron chi connectivity index (χ1n) is 6.87. The van der Waals surface area contributed by atoms with Gasteiger partial charge >= 0.3 is 6.18 Å². The van der Waals surface area contributed by atoms with Gasteiger partial charge in [0.1, 0.15) is 18.1 Å². The van der Waals surface area contributed by atoms with Gasteiger partial charge in [-0.15, -0.1) is 0 Å². The fourth-order valence-electron chi connectivity index (χ4n) is 2.30. The van der Waals surface area contributed by atoms with Crippen molar-refractivity contribution in [2.45, 2.75) is 6.18 Å². The van der Waals surface area contributed by atoms with Crippen LogP contribution < -0.4 is 4.90 Å². The second-order valence-corrected chi connectivity index (χ2v) is 5.05. The van der Waals surface area contributed by atoms with E-state index in [9.17, 15) is 13.2 Å². The predicted molar refractivity (Wildman–Crippen MR) is 81.0 cm³/mol. The van der Waals surface area contributed by atoms with E-state index in [1.807, 2.05) is 6.07 Å². The van der Waals surface area contributed by atoms with Crippen molar-refractivity contribution in [2.75, 3.05) is 18.5 Å². The maximum Gasteiger partial charge on any atom is 0.418 e. The zero-order valence-electron chi connectivity index (χ0n) is 12.5. The average Bonchev–Trinajstić information content (AvgIpc) is 2.97. The van der Waals surface area contributed by atoms with Crippen LogP contribution in [0.5, 0.6) is 0 Å². The van der Waals surface area contributed by atoms with Gasteiger partial charge in [-0.25, -0.2) is 9.97 Å².